The molecule has 1 fully saturated rings. The monoisotopic (exact) mass is 670 g/mol. The molecule has 4 aromatic carbocycles. The number of hydrogen-bond acceptors (Lipinski definition) is 7. The maximum atomic E-state index is 12.5. The standard InChI is InChI=1S/C39H46O6SSi/c1-28(40)43-36-35(45-47(5,6)38(2,3)4)34(41)33(44-37(36)46-32-25-17-10-18-26-32)27-42-39(29-19-11-7-12-20-29,30-21-13-8-14-22-30)31-23-15-9-16-24-31/h7-26,33-37,41H,27H2,1-6H3/t33-,34+,35+,36-,37+/m1/s1. The van der Waals surface area contributed by atoms with E-state index in [1.807, 2.05) is 84.9 Å². The van der Waals surface area contributed by atoms with E-state index in [2.05, 4.69) is 70.3 Å². The van der Waals surface area contributed by atoms with Crippen molar-refractivity contribution < 1.29 is 28.5 Å². The van der Waals surface area contributed by atoms with Crippen LogP contribution in [0, 0.1) is 0 Å². The van der Waals surface area contributed by atoms with Crippen molar-refractivity contribution in [3.8, 4) is 0 Å². The van der Waals surface area contributed by atoms with Crippen LogP contribution in [0.2, 0.25) is 18.1 Å². The Morgan fingerprint density at radius 1 is 0.766 bits per heavy atom. The molecule has 0 spiro atoms. The van der Waals surface area contributed by atoms with Crippen LogP contribution in [0.3, 0.4) is 0 Å². The Bertz CT molecular complexity index is 1470. The second-order valence-corrected chi connectivity index (χ2v) is 19.4. The molecule has 1 saturated heterocycles. The number of hydrogen-bond donors (Lipinski definition) is 1. The van der Waals surface area contributed by atoms with Crippen molar-refractivity contribution >= 4 is 26.0 Å². The second kappa shape index (κ2) is 14.9. The summed E-state index contributed by atoms with van der Waals surface area (Å²) in [5.74, 6) is -0.459. The normalized spacial score (nSPS) is 22.1. The molecule has 248 valence electrons. The molecule has 47 heavy (non-hydrogen) atoms. The van der Waals surface area contributed by atoms with Crippen LogP contribution in [-0.4, -0.2) is 55.9 Å². The van der Waals surface area contributed by atoms with Gasteiger partial charge in [0, 0.05) is 11.8 Å². The fourth-order valence-corrected chi connectivity index (χ4v) is 8.13. The first-order valence-electron chi connectivity index (χ1n) is 16.1. The lowest BCUT2D eigenvalue weighted by atomic mass is 9.80. The van der Waals surface area contributed by atoms with Crippen molar-refractivity contribution in [2.24, 2.45) is 0 Å². The van der Waals surface area contributed by atoms with Gasteiger partial charge in [-0.2, -0.15) is 0 Å². The lowest BCUT2D eigenvalue weighted by Crippen LogP contribution is -2.63. The van der Waals surface area contributed by atoms with Crippen LogP contribution in [0.15, 0.2) is 126 Å². The molecule has 0 amide bonds. The molecule has 1 N–H and O–H groups in total. The Hall–Kier alpha value is -3.24. The van der Waals surface area contributed by atoms with Crippen molar-refractivity contribution in [2.75, 3.05) is 6.61 Å². The van der Waals surface area contributed by atoms with E-state index in [1.54, 1.807) is 0 Å². The number of esters is 1. The summed E-state index contributed by atoms with van der Waals surface area (Å²) in [7, 11) is -2.45. The van der Waals surface area contributed by atoms with Crippen LogP contribution >= 0.6 is 11.8 Å². The zero-order valence-corrected chi connectivity index (χ0v) is 29.9. The smallest absolute Gasteiger partial charge is 0.303 e. The third-order valence-corrected chi connectivity index (χ3v) is 14.8. The highest BCUT2D eigenvalue weighted by atomic mass is 32.2. The Morgan fingerprint density at radius 3 is 1.64 bits per heavy atom. The quantitative estimate of drug-likeness (QED) is 0.0980. The molecular weight excluding hydrogens is 625 g/mol. The number of aliphatic hydroxyl groups excluding tert-OH is 1. The summed E-state index contributed by atoms with van der Waals surface area (Å²) in [6, 6.07) is 40.2. The minimum Gasteiger partial charge on any atom is -0.456 e. The van der Waals surface area contributed by atoms with E-state index >= 15 is 0 Å². The zero-order valence-electron chi connectivity index (χ0n) is 28.0. The van der Waals surface area contributed by atoms with Crippen LogP contribution in [0.4, 0.5) is 0 Å². The van der Waals surface area contributed by atoms with Crippen LogP contribution in [0.5, 0.6) is 0 Å². The van der Waals surface area contributed by atoms with E-state index in [0.29, 0.717) is 0 Å². The number of thioether (sulfide) groups is 1. The molecule has 0 radical (unpaired) electrons. The van der Waals surface area contributed by atoms with Crippen molar-refractivity contribution in [3.63, 3.8) is 0 Å². The highest BCUT2D eigenvalue weighted by Crippen LogP contribution is 2.44. The second-order valence-electron chi connectivity index (χ2n) is 13.5. The summed E-state index contributed by atoms with van der Waals surface area (Å²) in [5, 5.41) is 12.0. The van der Waals surface area contributed by atoms with E-state index in [4.69, 9.17) is 18.6 Å². The van der Waals surface area contributed by atoms with Gasteiger partial charge in [-0.05, 0) is 47.0 Å². The van der Waals surface area contributed by atoms with Gasteiger partial charge in [-0.3, -0.25) is 4.79 Å². The fraction of sp³-hybridized carbons (Fsp3) is 0.359. The summed E-state index contributed by atoms with van der Waals surface area (Å²) in [6.45, 7) is 12.1. The molecule has 0 aliphatic carbocycles. The highest BCUT2D eigenvalue weighted by Gasteiger charge is 2.53. The number of carbonyl (C=O) groups is 1. The first kappa shape index (κ1) is 35.1. The molecule has 1 heterocycles. The Labute approximate surface area is 284 Å². The molecule has 0 aromatic heterocycles. The van der Waals surface area contributed by atoms with Crippen LogP contribution < -0.4 is 0 Å². The predicted molar refractivity (Wildman–Crippen MR) is 190 cm³/mol. The molecule has 8 heteroatoms. The number of aliphatic hydroxyl groups is 1. The Morgan fingerprint density at radius 2 is 1.21 bits per heavy atom. The van der Waals surface area contributed by atoms with Gasteiger partial charge in [-0.15, -0.1) is 0 Å². The van der Waals surface area contributed by atoms with E-state index in [1.165, 1.54) is 18.7 Å². The molecule has 0 unspecified atom stereocenters. The summed E-state index contributed by atoms with van der Waals surface area (Å²) >= 11 is 1.45. The molecule has 1 aliphatic rings. The summed E-state index contributed by atoms with van der Waals surface area (Å²) in [4.78, 5) is 13.4. The first-order valence-corrected chi connectivity index (χ1v) is 19.9. The van der Waals surface area contributed by atoms with Crippen molar-refractivity contribution in [2.45, 2.75) is 86.2 Å². The van der Waals surface area contributed by atoms with Gasteiger partial charge in [0.15, 0.2) is 14.4 Å². The lowest BCUT2D eigenvalue weighted by molar-refractivity contribution is -0.222. The molecule has 4 aromatic rings. The summed E-state index contributed by atoms with van der Waals surface area (Å²) in [5.41, 5.74) is 1.18. The average Bonchev–Trinajstić information content (AvgIpc) is 3.06. The molecular formula is C39H46O6SSi. The number of benzene rings is 4. The van der Waals surface area contributed by atoms with Gasteiger partial charge in [0.05, 0.1) is 6.61 Å². The SMILES string of the molecule is CC(=O)O[C@@H]1[C@@H](O[Si](C)(C)C(C)(C)C)[C@@H](O)[C@@H](COC(c2ccccc2)(c2ccccc2)c2ccccc2)O[C@H]1Sc1ccccc1. The molecule has 0 saturated carbocycles. The predicted octanol–water partition coefficient (Wildman–Crippen LogP) is 8.20. The maximum absolute atomic E-state index is 12.5. The molecule has 5 rings (SSSR count). The number of carbonyl (C=O) groups excluding carboxylic acids is 1. The third kappa shape index (κ3) is 7.91. The minimum atomic E-state index is -2.45. The zero-order chi connectivity index (χ0) is 33.7. The van der Waals surface area contributed by atoms with E-state index in [-0.39, 0.29) is 11.6 Å². The number of rotatable bonds is 11. The van der Waals surface area contributed by atoms with Gasteiger partial charge in [-0.25, -0.2) is 0 Å². The molecule has 6 nitrogen and oxygen atoms in total. The van der Waals surface area contributed by atoms with E-state index < -0.39 is 49.7 Å². The largest absolute Gasteiger partial charge is 0.456 e. The van der Waals surface area contributed by atoms with Gasteiger partial charge < -0.3 is 23.7 Å². The van der Waals surface area contributed by atoms with Gasteiger partial charge >= 0.3 is 5.97 Å². The van der Waals surface area contributed by atoms with Gasteiger partial charge in [-0.1, -0.05) is 142 Å². The highest BCUT2D eigenvalue weighted by molar-refractivity contribution is 7.99. The van der Waals surface area contributed by atoms with Crippen molar-refractivity contribution in [1.82, 2.24) is 0 Å². The van der Waals surface area contributed by atoms with Crippen molar-refractivity contribution in [3.05, 3.63) is 138 Å². The third-order valence-electron chi connectivity index (χ3n) is 9.16. The minimum absolute atomic E-state index is 0.0376. The molecule has 0 bridgehead atoms. The lowest BCUT2D eigenvalue weighted by Gasteiger charge is -2.49. The summed E-state index contributed by atoms with van der Waals surface area (Å²) < 4.78 is 26.7. The molecule has 1 aliphatic heterocycles. The van der Waals surface area contributed by atoms with Crippen LogP contribution in [0.25, 0.3) is 0 Å². The number of ether oxygens (including phenoxy) is 3. The Balaban J connectivity index is 1.58. The molecule has 5 atom stereocenters. The van der Waals surface area contributed by atoms with Crippen LogP contribution in [0.1, 0.15) is 44.4 Å². The van der Waals surface area contributed by atoms with Gasteiger partial charge in [0.2, 0.25) is 0 Å². The topological polar surface area (TPSA) is 74.2 Å². The van der Waals surface area contributed by atoms with Gasteiger partial charge in [0.1, 0.15) is 29.3 Å². The van der Waals surface area contributed by atoms with Crippen molar-refractivity contribution in [1.29, 1.82) is 0 Å². The average molecular weight is 671 g/mol. The first-order chi connectivity index (χ1) is 22.4. The van der Waals surface area contributed by atoms with E-state index in [0.717, 1.165) is 21.6 Å². The van der Waals surface area contributed by atoms with E-state index in [9.17, 15) is 9.90 Å². The summed E-state index contributed by atoms with van der Waals surface area (Å²) in [6.07, 6.45) is -3.61. The fourth-order valence-electron chi connectivity index (χ4n) is 5.70. The van der Waals surface area contributed by atoms with Crippen LogP contribution in [-0.2, 0) is 29.0 Å². The maximum Gasteiger partial charge on any atom is 0.303 e. The Kier molecular flexibility index (Phi) is 11.1. The van der Waals surface area contributed by atoms with Gasteiger partial charge in [0.25, 0.3) is 0 Å².